The van der Waals surface area contributed by atoms with Crippen LogP contribution in [0.1, 0.15) is 12.8 Å². The van der Waals surface area contributed by atoms with E-state index in [1.807, 2.05) is 0 Å². The van der Waals surface area contributed by atoms with Crippen LogP contribution < -0.4 is 10.5 Å². The molecular formula is C9H10ClFN2O2S. The lowest BCUT2D eigenvalue weighted by molar-refractivity contribution is 0.597. The van der Waals surface area contributed by atoms with Gasteiger partial charge in [0.2, 0.25) is 10.0 Å². The molecule has 88 valence electrons. The molecule has 16 heavy (non-hydrogen) atoms. The Morgan fingerprint density at radius 3 is 2.56 bits per heavy atom. The molecule has 1 aliphatic rings. The highest BCUT2D eigenvalue weighted by Crippen LogP contribution is 2.31. The quantitative estimate of drug-likeness (QED) is 0.873. The van der Waals surface area contributed by atoms with Gasteiger partial charge in [-0.1, -0.05) is 11.6 Å². The zero-order valence-corrected chi connectivity index (χ0v) is 9.78. The highest BCUT2D eigenvalue weighted by molar-refractivity contribution is 7.89. The average molecular weight is 265 g/mol. The maximum Gasteiger partial charge on any atom is 0.240 e. The molecule has 0 bridgehead atoms. The molecule has 2 rings (SSSR count). The van der Waals surface area contributed by atoms with Gasteiger partial charge in [0.1, 0.15) is 10.7 Å². The summed E-state index contributed by atoms with van der Waals surface area (Å²) in [4.78, 5) is -0.175. The number of hydrogen-bond donors (Lipinski definition) is 2. The van der Waals surface area contributed by atoms with E-state index in [1.165, 1.54) is 0 Å². The molecule has 1 aliphatic carbocycles. The fourth-order valence-electron chi connectivity index (χ4n) is 1.32. The number of hydrogen-bond acceptors (Lipinski definition) is 3. The van der Waals surface area contributed by atoms with Gasteiger partial charge in [-0.05, 0) is 25.0 Å². The van der Waals surface area contributed by atoms with Gasteiger partial charge in [-0.15, -0.1) is 0 Å². The van der Waals surface area contributed by atoms with Crippen LogP contribution in [0.15, 0.2) is 17.0 Å². The number of halogens is 2. The Bertz CT molecular complexity index is 529. The lowest BCUT2D eigenvalue weighted by atomic mass is 10.3. The first-order valence-electron chi connectivity index (χ1n) is 4.66. The van der Waals surface area contributed by atoms with Crippen molar-refractivity contribution in [3.8, 4) is 0 Å². The maximum atomic E-state index is 13.2. The Morgan fingerprint density at radius 1 is 1.44 bits per heavy atom. The lowest BCUT2D eigenvalue weighted by Gasteiger charge is -2.10. The first-order valence-corrected chi connectivity index (χ1v) is 6.59. The van der Waals surface area contributed by atoms with Crippen molar-refractivity contribution in [1.82, 2.24) is 0 Å². The Morgan fingerprint density at radius 2 is 2.06 bits per heavy atom. The molecule has 3 N–H and O–H groups in total. The number of primary sulfonamides is 1. The maximum absolute atomic E-state index is 13.2. The largest absolute Gasteiger partial charge is 0.381 e. The van der Waals surface area contributed by atoms with Gasteiger partial charge >= 0.3 is 0 Å². The van der Waals surface area contributed by atoms with Gasteiger partial charge in [0.05, 0.1) is 10.7 Å². The molecule has 1 aromatic rings. The van der Waals surface area contributed by atoms with Gasteiger partial charge in [0.15, 0.2) is 0 Å². The third kappa shape index (κ3) is 2.45. The van der Waals surface area contributed by atoms with E-state index in [0.29, 0.717) is 0 Å². The predicted octanol–water partition coefficient (Wildman–Crippen LogP) is 1.70. The van der Waals surface area contributed by atoms with Gasteiger partial charge < -0.3 is 5.32 Å². The van der Waals surface area contributed by atoms with E-state index < -0.39 is 15.8 Å². The third-order valence-corrected chi connectivity index (χ3v) is 3.51. The van der Waals surface area contributed by atoms with Crippen LogP contribution in [0.4, 0.5) is 10.1 Å². The summed E-state index contributed by atoms with van der Waals surface area (Å²) < 4.78 is 35.8. The van der Waals surface area contributed by atoms with Crippen LogP contribution in [0.2, 0.25) is 5.02 Å². The molecule has 0 saturated heterocycles. The van der Waals surface area contributed by atoms with Crippen LogP contribution in [0, 0.1) is 5.82 Å². The Labute approximate surface area is 97.6 Å². The predicted molar refractivity (Wildman–Crippen MR) is 59.4 cm³/mol. The second kappa shape index (κ2) is 3.87. The Kier molecular flexibility index (Phi) is 2.81. The third-order valence-electron chi connectivity index (χ3n) is 2.27. The van der Waals surface area contributed by atoms with Crippen molar-refractivity contribution in [2.45, 2.75) is 23.8 Å². The summed E-state index contributed by atoms with van der Waals surface area (Å²) in [6, 6.07) is 2.28. The molecule has 1 saturated carbocycles. The summed E-state index contributed by atoms with van der Waals surface area (Å²) >= 11 is 5.52. The fourth-order valence-corrected chi connectivity index (χ4v) is 2.26. The van der Waals surface area contributed by atoms with Gasteiger partial charge in [0, 0.05) is 6.04 Å². The van der Waals surface area contributed by atoms with Crippen LogP contribution in [0.5, 0.6) is 0 Å². The summed E-state index contributed by atoms with van der Waals surface area (Å²) in [5, 5.41) is 7.67. The van der Waals surface area contributed by atoms with E-state index in [1.54, 1.807) is 0 Å². The standard InChI is InChI=1S/C9H10ClFN2O2S/c10-6-3-9(16(12,14)15)8(4-7(6)11)13-5-1-2-5/h3-5,13H,1-2H2,(H2,12,14,15). The number of anilines is 1. The molecule has 1 fully saturated rings. The summed E-state index contributed by atoms with van der Waals surface area (Å²) in [7, 11) is -3.90. The van der Waals surface area contributed by atoms with Crippen LogP contribution in [0.25, 0.3) is 0 Å². The minimum absolute atomic E-state index is 0.173. The van der Waals surface area contributed by atoms with E-state index in [4.69, 9.17) is 16.7 Å². The van der Waals surface area contributed by atoms with Gasteiger partial charge in [-0.25, -0.2) is 17.9 Å². The SMILES string of the molecule is NS(=O)(=O)c1cc(Cl)c(F)cc1NC1CC1. The van der Waals surface area contributed by atoms with Gasteiger partial charge in [0.25, 0.3) is 0 Å². The van der Waals surface area contributed by atoms with Crippen molar-refractivity contribution in [3.05, 3.63) is 23.0 Å². The molecule has 0 aromatic heterocycles. The lowest BCUT2D eigenvalue weighted by Crippen LogP contribution is -2.16. The number of benzene rings is 1. The zero-order chi connectivity index (χ0) is 11.9. The topological polar surface area (TPSA) is 72.2 Å². The second-order valence-electron chi connectivity index (χ2n) is 3.73. The number of nitrogens with one attached hydrogen (secondary N) is 1. The van der Waals surface area contributed by atoms with Crippen molar-refractivity contribution in [2.75, 3.05) is 5.32 Å². The van der Waals surface area contributed by atoms with Crippen LogP contribution in [0.3, 0.4) is 0 Å². The molecular weight excluding hydrogens is 255 g/mol. The van der Waals surface area contributed by atoms with Crippen molar-refractivity contribution in [1.29, 1.82) is 0 Å². The highest BCUT2D eigenvalue weighted by Gasteiger charge is 2.25. The van der Waals surface area contributed by atoms with E-state index in [0.717, 1.165) is 25.0 Å². The molecule has 1 aromatic carbocycles. The monoisotopic (exact) mass is 264 g/mol. The molecule has 7 heteroatoms. The number of sulfonamides is 1. The van der Waals surface area contributed by atoms with Crippen molar-refractivity contribution in [2.24, 2.45) is 5.14 Å². The molecule has 0 atom stereocenters. The highest BCUT2D eigenvalue weighted by atomic mass is 35.5. The summed E-state index contributed by atoms with van der Waals surface area (Å²) in [6.07, 6.45) is 1.88. The molecule has 4 nitrogen and oxygen atoms in total. The average Bonchev–Trinajstić information content (AvgIpc) is 2.93. The van der Waals surface area contributed by atoms with Crippen molar-refractivity contribution < 1.29 is 12.8 Å². The molecule has 0 heterocycles. The van der Waals surface area contributed by atoms with Crippen molar-refractivity contribution >= 4 is 27.3 Å². The van der Waals surface area contributed by atoms with E-state index >= 15 is 0 Å². The molecule has 0 amide bonds. The second-order valence-corrected chi connectivity index (χ2v) is 5.66. The molecule has 0 radical (unpaired) electrons. The first kappa shape index (κ1) is 11.6. The normalized spacial score (nSPS) is 16.2. The first-order chi connectivity index (χ1) is 7.38. The van der Waals surface area contributed by atoms with Crippen LogP contribution >= 0.6 is 11.6 Å². The molecule has 0 aliphatic heterocycles. The molecule has 0 spiro atoms. The van der Waals surface area contributed by atoms with E-state index in [-0.39, 0.29) is 21.6 Å². The van der Waals surface area contributed by atoms with Crippen LogP contribution in [-0.4, -0.2) is 14.5 Å². The van der Waals surface area contributed by atoms with Crippen LogP contribution in [-0.2, 0) is 10.0 Å². The summed E-state index contributed by atoms with van der Waals surface area (Å²) in [6.45, 7) is 0. The smallest absolute Gasteiger partial charge is 0.240 e. The Balaban J connectivity index is 2.50. The summed E-state index contributed by atoms with van der Waals surface area (Å²) in [5.74, 6) is -0.669. The number of rotatable bonds is 3. The summed E-state index contributed by atoms with van der Waals surface area (Å²) in [5.41, 5.74) is 0.173. The molecule has 0 unspecified atom stereocenters. The van der Waals surface area contributed by atoms with Gasteiger partial charge in [-0.3, -0.25) is 0 Å². The zero-order valence-electron chi connectivity index (χ0n) is 8.20. The van der Waals surface area contributed by atoms with E-state index in [2.05, 4.69) is 5.32 Å². The van der Waals surface area contributed by atoms with Gasteiger partial charge in [-0.2, -0.15) is 0 Å². The van der Waals surface area contributed by atoms with Crippen molar-refractivity contribution in [3.63, 3.8) is 0 Å². The minimum Gasteiger partial charge on any atom is -0.381 e. The fraction of sp³-hybridized carbons (Fsp3) is 0.333. The Hall–Kier alpha value is -0.850. The minimum atomic E-state index is -3.90. The van der Waals surface area contributed by atoms with E-state index in [9.17, 15) is 12.8 Å². The number of nitrogens with two attached hydrogens (primary N) is 1.